The molecule has 0 N–H and O–H groups in total. The Bertz CT molecular complexity index is 1250. The largest absolute Gasteiger partial charge is 0.497 e. The highest BCUT2D eigenvalue weighted by Gasteiger charge is 2.34. The highest BCUT2D eigenvalue weighted by Crippen LogP contribution is 2.34. The summed E-state index contributed by atoms with van der Waals surface area (Å²) in [5.74, 6) is 1.61. The minimum Gasteiger partial charge on any atom is -0.497 e. The molecular weight excluding hydrogens is 496 g/mol. The SMILES string of the molecule is CC[C@H](C)CN(CC(=O)N1CCc2sccc2[C@@H]1COc1ccc(C)cc1C)C(=O)c1ccc(OC)cc1. The molecule has 0 fully saturated rings. The number of hydrogen-bond acceptors (Lipinski definition) is 5. The average Bonchev–Trinajstić information content (AvgIpc) is 3.41. The number of carbonyl (C=O) groups is 2. The van der Waals surface area contributed by atoms with Gasteiger partial charge in [0.25, 0.3) is 5.91 Å². The molecule has 3 aromatic rings. The molecule has 2 atom stereocenters. The van der Waals surface area contributed by atoms with E-state index in [1.54, 1.807) is 47.6 Å². The van der Waals surface area contributed by atoms with Gasteiger partial charge in [0.15, 0.2) is 0 Å². The minimum atomic E-state index is -0.195. The van der Waals surface area contributed by atoms with Crippen LogP contribution in [0.5, 0.6) is 11.5 Å². The van der Waals surface area contributed by atoms with Gasteiger partial charge >= 0.3 is 0 Å². The summed E-state index contributed by atoms with van der Waals surface area (Å²) in [6, 6.07) is 15.1. The van der Waals surface area contributed by atoms with E-state index in [2.05, 4.69) is 38.3 Å². The standard InChI is InChI=1S/C31H38N2O4S/c1-6-21(2)18-32(31(35)24-8-10-25(36-5)11-9-24)19-30(34)33-15-13-29-26(14-16-38-29)27(33)20-37-28-12-7-22(3)17-23(28)4/h7-12,14,16-17,21,27H,6,13,15,18-20H2,1-5H3/t21-,27-/m0/s1. The van der Waals surface area contributed by atoms with Gasteiger partial charge in [-0.15, -0.1) is 11.3 Å². The van der Waals surface area contributed by atoms with Gasteiger partial charge in [0, 0.05) is 23.5 Å². The lowest BCUT2D eigenvalue weighted by molar-refractivity contribution is -0.135. The van der Waals surface area contributed by atoms with Crippen molar-refractivity contribution in [3.8, 4) is 11.5 Å². The first kappa shape index (κ1) is 27.7. The van der Waals surface area contributed by atoms with E-state index in [9.17, 15) is 9.59 Å². The van der Waals surface area contributed by atoms with Crippen molar-refractivity contribution >= 4 is 23.2 Å². The molecule has 2 amide bonds. The van der Waals surface area contributed by atoms with E-state index in [0.717, 1.165) is 29.7 Å². The second-order valence-electron chi connectivity index (χ2n) is 10.2. The predicted octanol–water partition coefficient (Wildman–Crippen LogP) is 6.07. The zero-order chi connectivity index (χ0) is 27.2. The summed E-state index contributed by atoms with van der Waals surface area (Å²) in [5, 5.41) is 2.09. The van der Waals surface area contributed by atoms with Crippen LogP contribution in [0.25, 0.3) is 0 Å². The van der Waals surface area contributed by atoms with Gasteiger partial charge in [0.1, 0.15) is 24.7 Å². The van der Waals surface area contributed by atoms with Gasteiger partial charge in [-0.2, -0.15) is 0 Å². The highest BCUT2D eigenvalue weighted by atomic mass is 32.1. The summed E-state index contributed by atoms with van der Waals surface area (Å²) in [4.78, 5) is 32.3. The third-order valence-corrected chi connectivity index (χ3v) is 8.32. The molecule has 7 heteroatoms. The van der Waals surface area contributed by atoms with Gasteiger partial charge in [-0.05, 0) is 79.1 Å². The van der Waals surface area contributed by atoms with E-state index in [1.165, 1.54) is 10.4 Å². The summed E-state index contributed by atoms with van der Waals surface area (Å²) in [5.41, 5.74) is 3.96. The van der Waals surface area contributed by atoms with Crippen LogP contribution in [0.3, 0.4) is 0 Å². The second kappa shape index (κ2) is 12.5. The molecule has 202 valence electrons. The van der Waals surface area contributed by atoms with Crippen LogP contribution >= 0.6 is 11.3 Å². The normalized spacial score (nSPS) is 15.5. The molecule has 38 heavy (non-hydrogen) atoms. The fraction of sp³-hybridized carbons (Fsp3) is 0.419. The number of methoxy groups -OCH3 is 1. The van der Waals surface area contributed by atoms with E-state index >= 15 is 0 Å². The van der Waals surface area contributed by atoms with Gasteiger partial charge in [-0.1, -0.05) is 38.0 Å². The lowest BCUT2D eigenvalue weighted by Gasteiger charge is -2.37. The molecule has 2 aromatic carbocycles. The lowest BCUT2D eigenvalue weighted by atomic mass is 10.00. The summed E-state index contributed by atoms with van der Waals surface area (Å²) in [6.45, 7) is 9.86. The average molecular weight is 535 g/mol. The molecule has 1 aliphatic heterocycles. The number of fused-ring (bicyclic) bond motifs is 1. The molecule has 0 aliphatic carbocycles. The summed E-state index contributed by atoms with van der Waals surface area (Å²) in [6.07, 6.45) is 1.74. The lowest BCUT2D eigenvalue weighted by Crippen LogP contribution is -2.48. The van der Waals surface area contributed by atoms with Crippen molar-refractivity contribution in [2.24, 2.45) is 5.92 Å². The molecule has 0 saturated carbocycles. The number of benzene rings is 2. The smallest absolute Gasteiger partial charge is 0.254 e. The quantitative estimate of drug-likeness (QED) is 0.317. The summed E-state index contributed by atoms with van der Waals surface area (Å²) >= 11 is 1.73. The van der Waals surface area contributed by atoms with Crippen molar-refractivity contribution < 1.29 is 19.1 Å². The minimum absolute atomic E-state index is 0.0364. The molecule has 6 nitrogen and oxygen atoms in total. The van der Waals surface area contributed by atoms with E-state index in [1.807, 2.05) is 24.0 Å². The Hall–Kier alpha value is -3.32. The maximum atomic E-state index is 13.8. The fourth-order valence-corrected chi connectivity index (χ4v) is 5.83. The molecule has 0 spiro atoms. The van der Waals surface area contributed by atoms with Gasteiger partial charge in [-0.3, -0.25) is 9.59 Å². The Kier molecular flexibility index (Phi) is 9.10. The van der Waals surface area contributed by atoms with Crippen molar-refractivity contribution in [3.63, 3.8) is 0 Å². The molecule has 1 aliphatic rings. The Balaban J connectivity index is 1.54. The van der Waals surface area contributed by atoms with Crippen LogP contribution in [-0.4, -0.2) is 55.0 Å². The van der Waals surface area contributed by atoms with Crippen LogP contribution in [0, 0.1) is 19.8 Å². The monoisotopic (exact) mass is 534 g/mol. The number of thiophene rings is 1. The van der Waals surface area contributed by atoms with Crippen LogP contribution in [-0.2, 0) is 11.2 Å². The summed E-state index contributed by atoms with van der Waals surface area (Å²) in [7, 11) is 1.60. The van der Waals surface area contributed by atoms with Gasteiger partial charge in [-0.25, -0.2) is 0 Å². The summed E-state index contributed by atoms with van der Waals surface area (Å²) < 4.78 is 11.5. The molecular formula is C31H38N2O4S. The maximum absolute atomic E-state index is 13.8. The first-order valence-electron chi connectivity index (χ1n) is 13.3. The van der Waals surface area contributed by atoms with Gasteiger partial charge in [0.2, 0.25) is 5.91 Å². The second-order valence-corrected chi connectivity index (χ2v) is 11.2. The number of rotatable bonds is 10. The zero-order valence-electron chi connectivity index (χ0n) is 23.0. The van der Waals surface area contributed by atoms with Crippen LogP contribution < -0.4 is 9.47 Å². The van der Waals surface area contributed by atoms with Gasteiger partial charge < -0.3 is 19.3 Å². The number of aryl methyl sites for hydroxylation is 2. The van der Waals surface area contributed by atoms with Crippen molar-refractivity contribution in [3.05, 3.63) is 81.0 Å². The van der Waals surface area contributed by atoms with Crippen molar-refractivity contribution in [2.45, 2.75) is 46.6 Å². The van der Waals surface area contributed by atoms with Crippen LogP contribution in [0.4, 0.5) is 0 Å². The Morgan fingerprint density at radius 1 is 1.13 bits per heavy atom. The molecule has 2 heterocycles. The predicted molar refractivity (Wildman–Crippen MR) is 152 cm³/mol. The first-order valence-corrected chi connectivity index (χ1v) is 14.2. The number of nitrogens with zero attached hydrogens (tertiary/aromatic N) is 2. The third kappa shape index (κ3) is 6.38. The molecule has 0 bridgehead atoms. The van der Waals surface area contributed by atoms with E-state index in [-0.39, 0.29) is 30.3 Å². The topological polar surface area (TPSA) is 59.1 Å². The Labute approximate surface area is 230 Å². The molecule has 0 unspecified atom stereocenters. The maximum Gasteiger partial charge on any atom is 0.254 e. The Morgan fingerprint density at radius 2 is 1.89 bits per heavy atom. The molecule has 4 rings (SSSR count). The van der Waals surface area contributed by atoms with E-state index in [0.29, 0.717) is 31.0 Å². The third-order valence-electron chi connectivity index (χ3n) is 7.32. The van der Waals surface area contributed by atoms with E-state index < -0.39 is 0 Å². The number of hydrogen-bond donors (Lipinski definition) is 0. The van der Waals surface area contributed by atoms with Crippen molar-refractivity contribution in [1.29, 1.82) is 0 Å². The first-order chi connectivity index (χ1) is 18.3. The van der Waals surface area contributed by atoms with Crippen molar-refractivity contribution in [1.82, 2.24) is 9.80 Å². The fourth-order valence-electron chi connectivity index (χ4n) is 4.90. The molecule has 0 saturated heterocycles. The van der Waals surface area contributed by atoms with Crippen LogP contribution in [0.1, 0.15) is 58.2 Å². The number of ether oxygens (including phenoxy) is 2. The van der Waals surface area contributed by atoms with Gasteiger partial charge in [0.05, 0.1) is 13.2 Å². The highest BCUT2D eigenvalue weighted by molar-refractivity contribution is 7.10. The Morgan fingerprint density at radius 3 is 2.58 bits per heavy atom. The number of carbonyl (C=O) groups excluding carboxylic acids is 2. The molecule has 0 radical (unpaired) electrons. The zero-order valence-corrected chi connectivity index (χ0v) is 23.8. The van der Waals surface area contributed by atoms with Crippen LogP contribution in [0.15, 0.2) is 53.9 Å². The molecule has 1 aromatic heterocycles. The van der Waals surface area contributed by atoms with Crippen LogP contribution in [0.2, 0.25) is 0 Å². The van der Waals surface area contributed by atoms with E-state index in [4.69, 9.17) is 9.47 Å². The van der Waals surface area contributed by atoms with Crippen molar-refractivity contribution in [2.75, 3.05) is 33.4 Å². The number of amides is 2.